The fourth-order valence-corrected chi connectivity index (χ4v) is 2.74. The molecule has 120 valence electrons. The van der Waals surface area contributed by atoms with Gasteiger partial charge < -0.3 is 20.0 Å². The van der Waals surface area contributed by atoms with Crippen LogP contribution in [0.15, 0.2) is 0 Å². The Bertz CT molecular complexity index is 385. The summed E-state index contributed by atoms with van der Waals surface area (Å²) >= 11 is 0. The van der Waals surface area contributed by atoms with E-state index in [-0.39, 0.29) is 11.8 Å². The molecule has 0 atom stereocenters. The number of hydrogen-bond donors (Lipinski definition) is 1. The van der Waals surface area contributed by atoms with Gasteiger partial charge in [0.1, 0.15) is 5.41 Å². The van der Waals surface area contributed by atoms with E-state index in [1.54, 1.807) is 0 Å². The molecule has 0 spiro atoms. The van der Waals surface area contributed by atoms with Crippen LogP contribution in [0.25, 0.3) is 0 Å². The molecule has 0 aromatic carbocycles. The van der Waals surface area contributed by atoms with E-state index in [0.717, 1.165) is 39.1 Å². The van der Waals surface area contributed by atoms with E-state index >= 15 is 0 Å². The first-order valence-electron chi connectivity index (χ1n) is 7.87. The van der Waals surface area contributed by atoms with Crippen molar-refractivity contribution >= 4 is 11.8 Å². The van der Waals surface area contributed by atoms with Crippen molar-refractivity contribution in [2.75, 3.05) is 60.4 Å². The van der Waals surface area contributed by atoms with Crippen LogP contribution in [0.1, 0.15) is 19.3 Å². The number of likely N-dealkylation sites (N-methyl/N-ethyl adjacent to an activating group) is 1. The summed E-state index contributed by atoms with van der Waals surface area (Å²) in [5, 5.41) is 2.95. The highest BCUT2D eigenvalue weighted by Gasteiger charge is 2.57. The highest BCUT2D eigenvalue weighted by atomic mass is 16.2. The summed E-state index contributed by atoms with van der Waals surface area (Å²) in [4.78, 5) is 31.1. The molecular weight excluding hydrogens is 268 g/mol. The molecule has 21 heavy (non-hydrogen) atoms. The molecule has 1 heterocycles. The van der Waals surface area contributed by atoms with Gasteiger partial charge in [0, 0.05) is 32.7 Å². The van der Waals surface area contributed by atoms with E-state index in [2.05, 4.69) is 22.2 Å². The first kappa shape index (κ1) is 16.2. The second kappa shape index (κ2) is 6.75. The maximum Gasteiger partial charge on any atom is 0.238 e. The largest absolute Gasteiger partial charge is 0.355 e. The van der Waals surface area contributed by atoms with Gasteiger partial charge in [0.25, 0.3) is 0 Å². The molecule has 1 saturated heterocycles. The van der Waals surface area contributed by atoms with Crippen molar-refractivity contribution < 1.29 is 9.59 Å². The molecule has 0 bridgehead atoms. The molecule has 2 aliphatic rings. The van der Waals surface area contributed by atoms with Gasteiger partial charge in [-0.05, 0) is 47.0 Å². The number of piperazine rings is 1. The molecule has 0 aromatic rings. The molecule has 1 saturated carbocycles. The van der Waals surface area contributed by atoms with Crippen molar-refractivity contribution in [2.24, 2.45) is 5.41 Å². The molecule has 0 aromatic heterocycles. The SMILES string of the molecule is CN(C)CCCNC(=O)C1(C(=O)N2CCN(C)CC2)CC1. The quantitative estimate of drug-likeness (QED) is 0.536. The minimum Gasteiger partial charge on any atom is -0.355 e. The van der Waals surface area contributed by atoms with Crippen molar-refractivity contribution in [1.29, 1.82) is 0 Å². The van der Waals surface area contributed by atoms with Gasteiger partial charge in [-0.15, -0.1) is 0 Å². The molecule has 2 amide bonds. The standard InChI is InChI=1S/C15H28N4O2/c1-17(2)8-4-7-16-13(20)15(5-6-15)14(21)19-11-9-18(3)10-12-19/h4-12H2,1-3H3,(H,16,20). The Balaban J connectivity index is 1.80. The van der Waals surface area contributed by atoms with Crippen LogP contribution in [0.4, 0.5) is 0 Å². The van der Waals surface area contributed by atoms with Crippen LogP contribution in [0.5, 0.6) is 0 Å². The Morgan fingerprint density at radius 1 is 1.14 bits per heavy atom. The normalized spacial score (nSPS) is 21.4. The Morgan fingerprint density at radius 2 is 1.76 bits per heavy atom. The average molecular weight is 296 g/mol. The average Bonchev–Trinajstić information content (AvgIpc) is 3.25. The summed E-state index contributed by atoms with van der Waals surface area (Å²) in [6.07, 6.45) is 2.33. The number of carbonyl (C=O) groups is 2. The highest BCUT2D eigenvalue weighted by molar-refractivity contribution is 6.07. The molecule has 2 rings (SSSR count). The Labute approximate surface area is 127 Å². The van der Waals surface area contributed by atoms with E-state index in [4.69, 9.17) is 0 Å². The van der Waals surface area contributed by atoms with Crippen molar-refractivity contribution in [2.45, 2.75) is 19.3 Å². The Kier molecular flexibility index (Phi) is 5.22. The fourth-order valence-electron chi connectivity index (χ4n) is 2.74. The number of carbonyl (C=O) groups excluding carboxylic acids is 2. The number of rotatable bonds is 6. The van der Waals surface area contributed by atoms with Gasteiger partial charge in [-0.3, -0.25) is 9.59 Å². The lowest BCUT2D eigenvalue weighted by Gasteiger charge is -2.34. The minimum atomic E-state index is -0.742. The van der Waals surface area contributed by atoms with Gasteiger partial charge in [0.15, 0.2) is 0 Å². The van der Waals surface area contributed by atoms with Gasteiger partial charge in [0.2, 0.25) is 11.8 Å². The molecule has 1 N–H and O–H groups in total. The van der Waals surface area contributed by atoms with E-state index < -0.39 is 5.41 Å². The zero-order valence-corrected chi connectivity index (χ0v) is 13.5. The zero-order valence-electron chi connectivity index (χ0n) is 13.5. The lowest BCUT2D eigenvalue weighted by molar-refractivity contribution is -0.145. The first-order valence-corrected chi connectivity index (χ1v) is 7.87. The summed E-state index contributed by atoms with van der Waals surface area (Å²) in [7, 11) is 6.09. The number of nitrogens with one attached hydrogen (secondary N) is 1. The van der Waals surface area contributed by atoms with E-state index in [1.807, 2.05) is 19.0 Å². The Hall–Kier alpha value is -1.14. The molecule has 6 nitrogen and oxygen atoms in total. The van der Waals surface area contributed by atoms with Crippen molar-refractivity contribution in [3.05, 3.63) is 0 Å². The van der Waals surface area contributed by atoms with Crippen LogP contribution in [0.3, 0.4) is 0 Å². The molecule has 0 radical (unpaired) electrons. The summed E-state index contributed by atoms with van der Waals surface area (Å²) in [5.41, 5.74) is -0.742. The fraction of sp³-hybridized carbons (Fsp3) is 0.867. The van der Waals surface area contributed by atoms with Crippen LogP contribution in [0.2, 0.25) is 0 Å². The summed E-state index contributed by atoms with van der Waals surface area (Å²) in [5.74, 6) is -0.0223. The molecule has 1 aliphatic carbocycles. The third-order valence-electron chi connectivity index (χ3n) is 4.45. The molecule has 2 fully saturated rings. The van der Waals surface area contributed by atoms with Gasteiger partial charge in [-0.1, -0.05) is 0 Å². The zero-order chi connectivity index (χ0) is 15.5. The topological polar surface area (TPSA) is 55.9 Å². The van der Waals surface area contributed by atoms with E-state index in [0.29, 0.717) is 19.4 Å². The third kappa shape index (κ3) is 3.95. The van der Waals surface area contributed by atoms with Crippen molar-refractivity contribution in [1.82, 2.24) is 20.0 Å². The minimum absolute atomic E-state index is 0.0423. The van der Waals surface area contributed by atoms with E-state index in [1.165, 1.54) is 0 Å². The van der Waals surface area contributed by atoms with Crippen molar-refractivity contribution in [3.63, 3.8) is 0 Å². The van der Waals surface area contributed by atoms with Gasteiger partial charge in [-0.2, -0.15) is 0 Å². The smallest absolute Gasteiger partial charge is 0.238 e. The maximum atomic E-state index is 12.6. The van der Waals surface area contributed by atoms with E-state index in [9.17, 15) is 9.59 Å². The highest BCUT2D eigenvalue weighted by Crippen LogP contribution is 2.47. The predicted molar refractivity (Wildman–Crippen MR) is 81.9 cm³/mol. The lowest BCUT2D eigenvalue weighted by Crippen LogP contribution is -2.52. The number of nitrogens with zero attached hydrogens (tertiary/aromatic N) is 3. The van der Waals surface area contributed by atoms with Gasteiger partial charge in [-0.25, -0.2) is 0 Å². The predicted octanol–water partition coefficient (Wildman–Crippen LogP) is -0.391. The maximum absolute atomic E-state index is 12.6. The first-order chi connectivity index (χ1) is 9.95. The second-order valence-electron chi connectivity index (χ2n) is 6.59. The van der Waals surface area contributed by atoms with Gasteiger partial charge >= 0.3 is 0 Å². The van der Waals surface area contributed by atoms with Gasteiger partial charge in [0.05, 0.1) is 0 Å². The Morgan fingerprint density at radius 3 is 2.29 bits per heavy atom. The third-order valence-corrected chi connectivity index (χ3v) is 4.45. The monoisotopic (exact) mass is 296 g/mol. The molecule has 0 unspecified atom stereocenters. The van der Waals surface area contributed by atoms with Crippen LogP contribution in [-0.4, -0.2) is 86.9 Å². The summed E-state index contributed by atoms with van der Waals surface area (Å²) in [6.45, 7) is 4.86. The summed E-state index contributed by atoms with van der Waals surface area (Å²) in [6, 6.07) is 0. The van der Waals surface area contributed by atoms with Crippen LogP contribution in [-0.2, 0) is 9.59 Å². The van der Waals surface area contributed by atoms with Crippen LogP contribution in [0, 0.1) is 5.41 Å². The lowest BCUT2D eigenvalue weighted by atomic mass is 10.0. The molecular formula is C15H28N4O2. The number of hydrogen-bond acceptors (Lipinski definition) is 4. The molecule has 6 heteroatoms. The second-order valence-corrected chi connectivity index (χ2v) is 6.59. The van der Waals surface area contributed by atoms with Crippen molar-refractivity contribution in [3.8, 4) is 0 Å². The summed E-state index contributed by atoms with van der Waals surface area (Å²) < 4.78 is 0. The number of amides is 2. The van der Waals surface area contributed by atoms with Crippen LogP contribution >= 0.6 is 0 Å². The van der Waals surface area contributed by atoms with Crippen LogP contribution < -0.4 is 5.32 Å². The molecule has 1 aliphatic heterocycles.